The maximum Gasteiger partial charge on any atom is 0.147 e. The van der Waals surface area contributed by atoms with E-state index >= 15 is 0 Å². The molecule has 1 unspecified atom stereocenters. The topological polar surface area (TPSA) is 29.8 Å². The number of fused-ring (bicyclic) bond motifs is 12. The summed E-state index contributed by atoms with van der Waals surface area (Å²) in [5.74, 6) is 1.77. The van der Waals surface area contributed by atoms with Gasteiger partial charge in [-0.2, -0.15) is 0 Å². The number of allylic oxidation sites excluding steroid dienone is 1. The fourth-order valence-electron chi connectivity index (χ4n) is 11.0. The van der Waals surface area contributed by atoms with Crippen molar-refractivity contribution in [2.45, 2.75) is 11.6 Å². The van der Waals surface area contributed by atoms with E-state index in [1.54, 1.807) is 0 Å². The van der Waals surface area contributed by atoms with Gasteiger partial charge in [-0.15, -0.1) is 0 Å². The van der Waals surface area contributed by atoms with E-state index in [0.717, 1.165) is 56.4 Å². The lowest BCUT2D eigenvalue weighted by molar-refractivity contribution is 0.363. The first kappa shape index (κ1) is 36.4. The average molecular weight is 820 g/mol. The molecule has 1 atom stereocenters. The van der Waals surface area contributed by atoms with Crippen molar-refractivity contribution >= 4 is 33.2 Å². The van der Waals surface area contributed by atoms with Crippen LogP contribution in [-0.2, 0) is 5.41 Å². The second kappa shape index (κ2) is 14.2. The lowest BCUT2D eigenvalue weighted by atomic mass is 9.65. The van der Waals surface area contributed by atoms with E-state index in [0.29, 0.717) is 0 Å². The molecule has 302 valence electrons. The zero-order valence-electron chi connectivity index (χ0n) is 35.2. The van der Waals surface area contributed by atoms with Crippen LogP contribution in [0.15, 0.2) is 229 Å². The molecule has 0 bridgehead atoms. The van der Waals surface area contributed by atoms with E-state index in [2.05, 4.69) is 241 Å². The van der Waals surface area contributed by atoms with Crippen LogP contribution in [0.3, 0.4) is 0 Å². The summed E-state index contributed by atoms with van der Waals surface area (Å²) in [6.07, 6.45) is 2.02. The van der Waals surface area contributed by atoms with Gasteiger partial charge < -0.3 is 14.2 Å². The van der Waals surface area contributed by atoms with Crippen LogP contribution >= 0.6 is 0 Å². The Bertz CT molecular complexity index is 3460. The minimum Gasteiger partial charge on any atom is -0.457 e. The quantitative estimate of drug-likeness (QED) is 0.173. The Morgan fingerprint density at radius 3 is 1.75 bits per heavy atom. The first-order chi connectivity index (χ1) is 31.7. The van der Waals surface area contributed by atoms with Gasteiger partial charge in [0.25, 0.3) is 0 Å². The van der Waals surface area contributed by atoms with Gasteiger partial charge in [0, 0.05) is 45.9 Å². The Labute approximate surface area is 372 Å². The third-order valence-corrected chi connectivity index (χ3v) is 13.7. The van der Waals surface area contributed by atoms with Gasteiger partial charge in [-0.1, -0.05) is 182 Å². The average Bonchev–Trinajstić information content (AvgIpc) is 3.86. The lowest BCUT2D eigenvalue weighted by Gasteiger charge is -2.41. The van der Waals surface area contributed by atoms with Gasteiger partial charge in [-0.25, -0.2) is 0 Å². The highest BCUT2D eigenvalue weighted by atomic mass is 16.5. The number of para-hydroxylation sites is 4. The van der Waals surface area contributed by atoms with Crippen molar-refractivity contribution in [2.24, 2.45) is 4.99 Å². The Morgan fingerprint density at radius 1 is 0.469 bits per heavy atom. The number of nitrogens with zero attached hydrogens (tertiary/aromatic N) is 3. The van der Waals surface area contributed by atoms with Crippen LogP contribution in [0.4, 0.5) is 0 Å². The van der Waals surface area contributed by atoms with Gasteiger partial charge in [-0.3, -0.25) is 4.99 Å². The van der Waals surface area contributed by atoms with Crippen LogP contribution in [-0.4, -0.2) is 22.2 Å². The second-order valence-corrected chi connectivity index (χ2v) is 17.1. The van der Waals surface area contributed by atoms with E-state index in [-0.39, 0.29) is 6.17 Å². The number of rotatable bonds is 5. The number of hydrogen-bond acceptors (Lipinski definition) is 3. The van der Waals surface area contributed by atoms with Crippen LogP contribution in [0.1, 0.15) is 45.1 Å². The Kier molecular flexibility index (Phi) is 8.07. The molecule has 13 rings (SSSR count). The van der Waals surface area contributed by atoms with Crippen molar-refractivity contribution in [1.29, 1.82) is 0 Å². The highest BCUT2D eigenvalue weighted by Gasteiger charge is 2.52. The molecule has 2 aliphatic heterocycles. The molecule has 1 spiro atoms. The van der Waals surface area contributed by atoms with Crippen LogP contribution < -0.4 is 4.74 Å². The summed E-state index contributed by atoms with van der Waals surface area (Å²) in [4.78, 5) is 7.91. The first-order valence-electron chi connectivity index (χ1n) is 22.0. The second-order valence-electron chi connectivity index (χ2n) is 17.1. The van der Waals surface area contributed by atoms with Crippen LogP contribution in [0.5, 0.6) is 11.5 Å². The summed E-state index contributed by atoms with van der Waals surface area (Å²) >= 11 is 0. The predicted octanol–water partition coefficient (Wildman–Crippen LogP) is 14.4. The van der Waals surface area contributed by atoms with Gasteiger partial charge in [0.1, 0.15) is 17.7 Å². The molecule has 0 radical (unpaired) electrons. The fourth-order valence-corrected chi connectivity index (χ4v) is 11.0. The maximum atomic E-state index is 6.71. The van der Waals surface area contributed by atoms with Crippen molar-refractivity contribution in [2.75, 3.05) is 7.05 Å². The fraction of sp³-hybridized carbons (Fsp3) is 0.0500. The van der Waals surface area contributed by atoms with E-state index < -0.39 is 5.41 Å². The largest absolute Gasteiger partial charge is 0.457 e. The highest BCUT2D eigenvalue weighted by molar-refractivity contribution is 6.13. The molecule has 0 amide bonds. The standard InChI is InChI=1S/C60H41N3O/c1-62-55(48-25-16-24-47-44-21-5-8-26-49(44)60(58(47)48)50-27-9-13-31-56(50)64-57-32-14-10-28-51(57)60)38-52(40-17-3-2-4-18-40)61-59(62)41-35-33-39(34-36-41)42-19-15-20-43(37-42)63-53-29-11-6-22-45(53)46-23-7-12-30-54(46)63/h2-38,59H,1H3. The number of ether oxygens (including phenoxy) is 1. The third-order valence-electron chi connectivity index (χ3n) is 13.7. The number of hydrogen-bond donors (Lipinski definition) is 0. The van der Waals surface area contributed by atoms with E-state index in [1.807, 2.05) is 0 Å². The van der Waals surface area contributed by atoms with Crippen molar-refractivity contribution < 1.29 is 4.74 Å². The molecular weight excluding hydrogens is 779 g/mol. The molecule has 1 aromatic heterocycles. The lowest BCUT2D eigenvalue weighted by Crippen LogP contribution is -2.34. The summed E-state index contributed by atoms with van der Waals surface area (Å²) < 4.78 is 9.09. The van der Waals surface area contributed by atoms with Gasteiger partial charge in [-0.05, 0) is 87.0 Å². The minimum absolute atomic E-state index is 0.280. The Balaban J connectivity index is 0.949. The van der Waals surface area contributed by atoms with E-state index in [1.165, 1.54) is 55.2 Å². The number of benzene rings is 9. The highest BCUT2D eigenvalue weighted by Crippen LogP contribution is 2.63. The zero-order chi connectivity index (χ0) is 42.4. The summed E-state index contributed by atoms with van der Waals surface area (Å²) in [5.41, 5.74) is 18.0. The smallest absolute Gasteiger partial charge is 0.147 e. The van der Waals surface area contributed by atoms with Gasteiger partial charge in [0.05, 0.1) is 22.2 Å². The molecule has 4 nitrogen and oxygen atoms in total. The third kappa shape index (κ3) is 5.26. The SMILES string of the molecule is CN1C(c2cccc3c2C2(c4ccccc4Oc4ccccc42)c2ccccc2-3)=CC(c2ccccc2)=NC1c1ccc(-c2cccc(-n3c4ccccc4c4ccccc43)c2)cc1. The maximum absolute atomic E-state index is 6.71. The summed E-state index contributed by atoms with van der Waals surface area (Å²) in [5, 5.41) is 2.52. The summed E-state index contributed by atoms with van der Waals surface area (Å²) in [7, 11) is 2.20. The Hall–Kier alpha value is -8.21. The van der Waals surface area contributed by atoms with Crippen LogP contribution in [0.2, 0.25) is 0 Å². The van der Waals surface area contributed by atoms with E-state index in [4.69, 9.17) is 9.73 Å². The molecule has 64 heavy (non-hydrogen) atoms. The van der Waals surface area contributed by atoms with Crippen molar-refractivity contribution in [3.05, 3.63) is 263 Å². The van der Waals surface area contributed by atoms with Crippen molar-refractivity contribution in [3.63, 3.8) is 0 Å². The summed E-state index contributed by atoms with van der Waals surface area (Å²) in [6.45, 7) is 0. The van der Waals surface area contributed by atoms with Crippen LogP contribution in [0, 0.1) is 0 Å². The molecule has 3 aliphatic rings. The molecule has 0 saturated carbocycles. The molecular formula is C60H41N3O. The molecule has 0 saturated heterocycles. The van der Waals surface area contributed by atoms with Gasteiger partial charge in [0.2, 0.25) is 0 Å². The minimum atomic E-state index is -0.609. The molecule has 10 aromatic rings. The predicted molar refractivity (Wildman–Crippen MR) is 261 cm³/mol. The molecule has 0 N–H and O–H groups in total. The molecule has 9 aromatic carbocycles. The first-order valence-corrected chi connectivity index (χ1v) is 22.0. The zero-order valence-corrected chi connectivity index (χ0v) is 35.2. The van der Waals surface area contributed by atoms with Crippen LogP contribution in [0.25, 0.3) is 55.4 Å². The number of aliphatic imine (C=N–C) groups is 1. The monoisotopic (exact) mass is 819 g/mol. The number of aromatic nitrogens is 1. The molecule has 0 fully saturated rings. The molecule has 4 heteroatoms. The van der Waals surface area contributed by atoms with E-state index in [9.17, 15) is 0 Å². The van der Waals surface area contributed by atoms with Crippen molar-refractivity contribution in [3.8, 4) is 39.4 Å². The summed E-state index contributed by atoms with van der Waals surface area (Å²) in [6, 6.07) is 78.9. The molecule has 1 aliphatic carbocycles. The van der Waals surface area contributed by atoms with Crippen molar-refractivity contribution in [1.82, 2.24) is 9.47 Å². The van der Waals surface area contributed by atoms with Gasteiger partial charge in [0.15, 0.2) is 0 Å². The Morgan fingerprint density at radius 2 is 1.03 bits per heavy atom. The normalized spacial score (nSPS) is 15.5. The molecule has 3 heterocycles. The van der Waals surface area contributed by atoms with Gasteiger partial charge >= 0.3 is 0 Å².